The predicted molar refractivity (Wildman–Crippen MR) is 105 cm³/mol. The Morgan fingerprint density at radius 1 is 0.929 bits per heavy atom. The summed E-state index contributed by atoms with van der Waals surface area (Å²) >= 11 is 0. The van der Waals surface area contributed by atoms with E-state index in [2.05, 4.69) is 35.8 Å². The molecule has 5 atom stereocenters. The fourth-order valence-corrected chi connectivity index (χ4v) is 3.78. The van der Waals surface area contributed by atoms with Gasteiger partial charge in [-0.2, -0.15) is 0 Å². The molecule has 0 saturated carbocycles. The Kier molecular flexibility index (Phi) is 5.23. The van der Waals surface area contributed by atoms with Gasteiger partial charge in [0.1, 0.15) is 30.5 Å². The molecule has 0 aliphatic carbocycles. The molecule has 28 heavy (non-hydrogen) atoms. The number of nitrogens with zero attached hydrogens (tertiary/aromatic N) is 1. The molecule has 0 bridgehead atoms. The molecular formula is C22H25NO5. The maximum Gasteiger partial charge on any atom is 0.113 e. The van der Waals surface area contributed by atoms with E-state index in [1.807, 2.05) is 30.5 Å². The number of ether oxygens (including phenoxy) is 1. The van der Waals surface area contributed by atoms with Crippen LogP contribution in [-0.4, -0.2) is 56.0 Å². The molecule has 1 fully saturated rings. The highest BCUT2D eigenvalue weighted by Gasteiger charge is 2.43. The Balaban J connectivity index is 1.66. The van der Waals surface area contributed by atoms with Crippen molar-refractivity contribution in [2.24, 2.45) is 0 Å². The van der Waals surface area contributed by atoms with Crippen LogP contribution in [0.5, 0.6) is 0 Å². The van der Waals surface area contributed by atoms with E-state index in [0.29, 0.717) is 12.1 Å². The van der Waals surface area contributed by atoms with Crippen molar-refractivity contribution < 1.29 is 25.2 Å². The molecule has 6 nitrogen and oxygen atoms in total. The van der Waals surface area contributed by atoms with Gasteiger partial charge in [0.25, 0.3) is 0 Å². The lowest BCUT2D eigenvalue weighted by atomic mass is 9.91. The van der Waals surface area contributed by atoms with Gasteiger partial charge in [-0.1, -0.05) is 42.0 Å². The minimum atomic E-state index is -1.38. The number of aromatic nitrogens is 1. The second kappa shape index (κ2) is 7.66. The van der Waals surface area contributed by atoms with Crippen molar-refractivity contribution in [1.82, 2.24) is 4.57 Å². The molecule has 148 valence electrons. The van der Waals surface area contributed by atoms with E-state index in [1.165, 1.54) is 11.1 Å². The molecule has 4 N–H and O–H groups in total. The summed E-state index contributed by atoms with van der Waals surface area (Å²) in [6, 6.07) is 16.1. The van der Waals surface area contributed by atoms with Crippen LogP contribution in [0, 0.1) is 6.92 Å². The molecule has 0 amide bonds. The highest BCUT2D eigenvalue weighted by atomic mass is 16.5. The number of rotatable bonds is 4. The first kappa shape index (κ1) is 19.1. The monoisotopic (exact) mass is 383 g/mol. The topological polar surface area (TPSA) is 95.1 Å². The number of aryl methyl sites for hydroxylation is 1. The molecule has 1 aromatic heterocycles. The third-order valence-corrected chi connectivity index (χ3v) is 5.49. The average Bonchev–Trinajstić information content (AvgIpc) is 3.10. The van der Waals surface area contributed by atoms with Crippen LogP contribution in [0.25, 0.3) is 10.9 Å². The zero-order valence-corrected chi connectivity index (χ0v) is 15.6. The van der Waals surface area contributed by atoms with Gasteiger partial charge in [-0.15, -0.1) is 0 Å². The van der Waals surface area contributed by atoms with Crippen LogP contribution in [-0.2, 0) is 11.3 Å². The third kappa shape index (κ3) is 3.45. The van der Waals surface area contributed by atoms with Crippen LogP contribution in [0.4, 0.5) is 0 Å². The molecule has 1 aliphatic rings. The minimum absolute atomic E-state index is 0.437. The summed E-state index contributed by atoms with van der Waals surface area (Å²) in [5, 5.41) is 40.9. The Morgan fingerprint density at radius 3 is 2.39 bits per heavy atom. The lowest BCUT2D eigenvalue weighted by Gasteiger charge is -2.40. The molecule has 2 aromatic carbocycles. The molecular weight excluding hydrogens is 358 g/mol. The summed E-state index contributed by atoms with van der Waals surface area (Å²) in [5.41, 5.74) is 4.07. The van der Waals surface area contributed by atoms with Crippen LogP contribution < -0.4 is 0 Å². The lowest BCUT2D eigenvalue weighted by Crippen LogP contribution is -2.55. The number of aliphatic hydroxyl groups is 4. The first-order valence-electron chi connectivity index (χ1n) is 9.43. The standard InChI is InChI=1S/C22H25NO5/c1-13-2-4-14(5-3-13)11-23-9-8-15-6-7-16(10-17(15)23)22-21(27)20(26)19(25)18(12-24)28-22/h2-10,18-22,24-27H,11-12H2,1H3/t18-,19-,20+,21-,22+/m1/s1. The van der Waals surface area contributed by atoms with Gasteiger partial charge in [0.2, 0.25) is 0 Å². The second-order valence-corrected chi connectivity index (χ2v) is 7.50. The van der Waals surface area contributed by atoms with Crippen molar-refractivity contribution in [3.63, 3.8) is 0 Å². The Morgan fingerprint density at radius 2 is 1.68 bits per heavy atom. The number of aliphatic hydroxyl groups excluding tert-OH is 4. The van der Waals surface area contributed by atoms with Gasteiger partial charge in [-0.3, -0.25) is 0 Å². The summed E-state index contributed by atoms with van der Waals surface area (Å²) in [7, 11) is 0. The third-order valence-electron chi connectivity index (χ3n) is 5.49. The van der Waals surface area contributed by atoms with Crippen molar-refractivity contribution in [1.29, 1.82) is 0 Å². The number of hydrogen-bond donors (Lipinski definition) is 4. The van der Waals surface area contributed by atoms with Crippen LogP contribution >= 0.6 is 0 Å². The van der Waals surface area contributed by atoms with E-state index in [0.717, 1.165) is 10.9 Å². The molecule has 6 heteroatoms. The Bertz CT molecular complexity index is 949. The lowest BCUT2D eigenvalue weighted by molar-refractivity contribution is -0.231. The Labute approximate surface area is 163 Å². The smallest absolute Gasteiger partial charge is 0.113 e. The molecule has 4 rings (SSSR count). The molecule has 0 spiro atoms. The first-order chi connectivity index (χ1) is 13.5. The van der Waals surface area contributed by atoms with Gasteiger partial charge in [-0.25, -0.2) is 0 Å². The van der Waals surface area contributed by atoms with Crippen LogP contribution in [0.2, 0.25) is 0 Å². The van der Waals surface area contributed by atoms with E-state index >= 15 is 0 Å². The minimum Gasteiger partial charge on any atom is -0.394 e. The van der Waals surface area contributed by atoms with E-state index in [9.17, 15) is 20.4 Å². The molecule has 1 aliphatic heterocycles. The van der Waals surface area contributed by atoms with E-state index < -0.39 is 37.1 Å². The van der Waals surface area contributed by atoms with Crippen LogP contribution in [0.1, 0.15) is 22.8 Å². The van der Waals surface area contributed by atoms with Crippen molar-refractivity contribution in [3.8, 4) is 0 Å². The molecule has 3 aromatic rings. The zero-order chi connectivity index (χ0) is 19.8. The van der Waals surface area contributed by atoms with Gasteiger partial charge in [0, 0.05) is 18.3 Å². The number of benzene rings is 2. The van der Waals surface area contributed by atoms with Gasteiger partial charge in [0.15, 0.2) is 0 Å². The zero-order valence-electron chi connectivity index (χ0n) is 15.6. The molecule has 0 unspecified atom stereocenters. The molecule has 0 radical (unpaired) electrons. The summed E-state index contributed by atoms with van der Waals surface area (Å²) in [6.07, 6.45) is -3.75. The van der Waals surface area contributed by atoms with Crippen molar-refractivity contribution in [3.05, 3.63) is 71.4 Å². The number of fused-ring (bicyclic) bond motifs is 1. The fraction of sp³-hybridized carbons (Fsp3) is 0.364. The molecule has 1 saturated heterocycles. The quantitative estimate of drug-likeness (QED) is 0.548. The van der Waals surface area contributed by atoms with Crippen LogP contribution in [0.3, 0.4) is 0 Å². The van der Waals surface area contributed by atoms with E-state index in [4.69, 9.17) is 4.74 Å². The first-order valence-corrected chi connectivity index (χ1v) is 9.43. The Hall–Kier alpha value is -2.22. The van der Waals surface area contributed by atoms with E-state index in [1.54, 1.807) is 0 Å². The van der Waals surface area contributed by atoms with Crippen molar-refractivity contribution in [2.75, 3.05) is 6.61 Å². The maximum atomic E-state index is 10.4. The SMILES string of the molecule is Cc1ccc(Cn2ccc3ccc([C@@H]4O[C@H](CO)[C@@H](O)[C@H](O)[C@H]4O)cc32)cc1. The normalized spacial score (nSPS) is 28.0. The van der Waals surface area contributed by atoms with Crippen molar-refractivity contribution >= 4 is 10.9 Å². The van der Waals surface area contributed by atoms with Crippen LogP contribution in [0.15, 0.2) is 54.7 Å². The summed E-state index contributed by atoms with van der Waals surface area (Å²) < 4.78 is 7.81. The van der Waals surface area contributed by atoms with E-state index in [-0.39, 0.29) is 0 Å². The number of hydrogen-bond acceptors (Lipinski definition) is 5. The highest BCUT2D eigenvalue weighted by molar-refractivity contribution is 5.81. The summed E-state index contributed by atoms with van der Waals surface area (Å²) in [4.78, 5) is 0. The second-order valence-electron chi connectivity index (χ2n) is 7.50. The van der Waals surface area contributed by atoms with Gasteiger partial charge >= 0.3 is 0 Å². The van der Waals surface area contributed by atoms with Crippen molar-refractivity contribution in [2.45, 2.75) is 44.0 Å². The average molecular weight is 383 g/mol. The van der Waals surface area contributed by atoms with Gasteiger partial charge < -0.3 is 29.7 Å². The summed E-state index contributed by atoms with van der Waals surface area (Å²) in [6.45, 7) is 2.33. The van der Waals surface area contributed by atoms with Gasteiger partial charge in [-0.05, 0) is 35.6 Å². The predicted octanol–water partition coefficient (Wildman–Crippen LogP) is 1.51. The van der Waals surface area contributed by atoms with Gasteiger partial charge in [0.05, 0.1) is 6.61 Å². The maximum absolute atomic E-state index is 10.4. The summed E-state index contributed by atoms with van der Waals surface area (Å²) in [5.74, 6) is 0. The highest BCUT2D eigenvalue weighted by Crippen LogP contribution is 2.34. The molecule has 2 heterocycles. The largest absolute Gasteiger partial charge is 0.394 e. The fourth-order valence-electron chi connectivity index (χ4n) is 3.78.